The molecule has 1 N–H and O–H groups in total. The van der Waals surface area contributed by atoms with Gasteiger partial charge in [-0.3, -0.25) is 14.4 Å². The van der Waals surface area contributed by atoms with Crippen LogP contribution in [0.25, 0.3) is 0 Å². The normalized spacial score (nSPS) is 20.8. The Labute approximate surface area is 219 Å². The SMILES string of the molecule is CCOC(=O)COc1ccc(Cl)cc1[C@H]1c2sc(=O)[nH]c2SC2C(=O)N(c3ccc(C)cc3)C(=O)C21. The number of amides is 2. The molecule has 2 aliphatic rings. The van der Waals surface area contributed by atoms with Crippen molar-refractivity contribution in [2.45, 2.75) is 30.0 Å². The molecule has 2 unspecified atom stereocenters. The molecule has 1 aromatic heterocycles. The molecule has 1 saturated heterocycles. The number of anilines is 1. The van der Waals surface area contributed by atoms with E-state index in [1.54, 1.807) is 37.3 Å². The van der Waals surface area contributed by atoms with Crippen LogP contribution in [-0.4, -0.2) is 41.2 Å². The number of halogens is 1. The highest BCUT2D eigenvalue weighted by atomic mass is 35.5. The molecule has 3 atom stereocenters. The van der Waals surface area contributed by atoms with Crippen molar-refractivity contribution in [1.82, 2.24) is 4.98 Å². The number of thiazole rings is 1. The molecule has 2 aliphatic heterocycles. The lowest BCUT2D eigenvalue weighted by Gasteiger charge is -2.31. The first-order chi connectivity index (χ1) is 17.3. The van der Waals surface area contributed by atoms with Gasteiger partial charge in [0.15, 0.2) is 6.61 Å². The lowest BCUT2D eigenvalue weighted by molar-refractivity contribution is -0.145. The Morgan fingerprint density at radius 1 is 1.11 bits per heavy atom. The molecule has 0 radical (unpaired) electrons. The van der Waals surface area contributed by atoms with Gasteiger partial charge in [0, 0.05) is 21.4 Å². The second kappa shape index (κ2) is 9.76. The van der Waals surface area contributed by atoms with Crippen LogP contribution < -0.4 is 14.5 Å². The summed E-state index contributed by atoms with van der Waals surface area (Å²) in [5, 5.41) is 0.178. The van der Waals surface area contributed by atoms with Crippen LogP contribution in [0, 0.1) is 12.8 Å². The van der Waals surface area contributed by atoms with E-state index in [2.05, 4.69) is 4.98 Å². The maximum Gasteiger partial charge on any atom is 0.344 e. The van der Waals surface area contributed by atoms with E-state index < -0.39 is 23.1 Å². The van der Waals surface area contributed by atoms with E-state index in [1.165, 1.54) is 16.7 Å². The zero-order valence-electron chi connectivity index (χ0n) is 19.3. The Kier molecular flexibility index (Phi) is 6.67. The molecule has 0 aliphatic carbocycles. The van der Waals surface area contributed by atoms with Gasteiger partial charge in [0.1, 0.15) is 11.0 Å². The van der Waals surface area contributed by atoms with Crippen molar-refractivity contribution < 1.29 is 23.9 Å². The molecule has 2 aromatic carbocycles. The molecule has 2 amide bonds. The highest BCUT2D eigenvalue weighted by Gasteiger charge is 2.56. The number of aromatic amines is 1. The van der Waals surface area contributed by atoms with E-state index in [1.807, 2.05) is 19.1 Å². The summed E-state index contributed by atoms with van der Waals surface area (Å²) in [6.45, 7) is 3.50. The fourth-order valence-electron chi connectivity index (χ4n) is 4.53. The number of ether oxygens (including phenoxy) is 2. The Hall–Kier alpha value is -3.08. The zero-order valence-corrected chi connectivity index (χ0v) is 21.7. The topological polar surface area (TPSA) is 106 Å². The van der Waals surface area contributed by atoms with Gasteiger partial charge in [-0.25, -0.2) is 9.69 Å². The van der Waals surface area contributed by atoms with Gasteiger partial charge in [0.05, 0.1) is 23.2 Å². The minimum Gasteiger partial charge on any atom is -0.482 e. The first-order valence-electron chi connectivity index (χ1n) is 11.2. The van der Waals surface area contributed by atoms with E-state index in [4.69, 9.17) is 21.1 Å². The maximum atomic E-state index is 13.8. The molecule has 3 heterocycles. The van der Waals surface area contributed by atoms with Crippen molar-refractivity contribution in [3.63, 3.8) is 0 Å². The van der Waals surface area contributed by atoms with Crippen LogP contribution in [0.1, 0.15) is 28.8 Å². The van der Waals surface area contributed by atoms with E-state index in [0.29, 0.717) is 31.9 Å². The summed E-state index contributed by atoms with van der Waals surface area (Å²) in [5.41, 5.74) is 2.01. The van der Waals surface area contributed by atoms with Crippen LogP contribution in [0.4, 0.5) is 5.69 Å². The molecular formula is C25H21ClN2O6S2. The number of imide groups is 1. The number of hydrogen-bond donors (Lipinski definition) is 1. The van der Waals surface area contributed by atoms with Crippen molar-refractivity contribution in [2.24, 2.45) is 5.92 Å². The van der Waals surface area contributed by atoms with Gasteiger partial charge in [0.2, 0.25) is 11.8 Å². The van der Waals surface area contributed by atoms with Crippen molar-refractivity contribution in [3.05, 3.63) is 73.2 Å². The molecule has 1 fully saturated rings. The van der Waals surface area contributed by atoms with Gasteiger partial charge in [-0.05, 0) is 44.2 Å². The first kappa shape index (κ1) is 24.6. The van der Waals surface area contributed by atoms with E-state index >= 15 is 0 Å². The van der Waals surface area contributed by atoms with Crippen LogP contribution in [-0.2, 0) is 19.1 Å². The average Bonchev–Trinajstić information content (AvgIpc) is 3.33. The van der Waals surface area contributed by atoms with Gasteiger partial charge in [-0.15, -0.1) is 0 Å². The predicted molar refractivity (Wildman–Crippen MR) is 137 cm³/mol. The minimum atomic E-state index is -0.800. The number of aryl methyl sites for hydroxylation is 1. The molecule has 186 valence electrons. The summed E-state index contributed by atoms with van der Waals surface area (Å²) in [6.07, 6.45) is 0. The quantitative estimate of drug-likeness (QED) is 0.367. The lowest BCUT2D eigenvalue weighted by Crippen LogP contribution is -2.32. The molecule has 3 aromatic rings. The predicted octanol–water partition coefficient (Wildman–Crippen LogP) is 4.14. The van der Waals surface area contributed by atoms with E-state index in [-0.39, 0.29) is 29.9 Å². The van der Waals surface area contributed by atoms with Crippen LogP contribution in [0.3, 0.4) is 0 Å². The number of benzene rings is 2. The van der Waals surface area contributed by atoms with Crippen LogP contribution >= 0.6 is 34.7 Å². The number of esters is 1. The van der Waals surface area contributed by atoms with Crippen molar-refractivity contribution in [3.8, 4) is 5.75 Å². The number of hydrogen-bond acceptors (Lipinski definition) is 8. The van der Waals surface area contributed by atoms with Gasteiger partial charge in [-0.1, -0.05) is 52.4 Å². The van der Waals surface area contributed by atoms with Crippen molar-refractivity contribution in [1.29, 1.82) is 0 Å². The highest BCUT2D eigenvalue weighted by molar-refractivity contribution is 8.00. The lowest BCUT2D eigenvalue weighted by atomic mass is 9.82. The number of fused-ring (bicyclic) bond motifs is 2. The third-order valence-corrected chi connectivity index (χ3v) is 8.71. The highest BCUT2D eigenvalue weighted by Crippen LogP contribution is 2.54. The Bertz CT molecular complexity index is 1420. The number of rotatable bonds is 6. The molecule has 5 rings (SSSR count). The number of aromatic nitrogens is 1. The molecule has 0 bridgehead atoms. The molecule has 36 heavy (non-hydrogen) atoms. The van der Waals surface area contributed by atoms with Crippen molar-refractivity contribution in [2.75, 3.05) is 18.1 Å². The monoisotopic (exact) mass is 544 g/mol. The smallest absolute Gasteiger partial charge is 0.344 e. The molecule has 0 spiro atoms. The summed E-state index contributed by atoms with van der Waals surface area (Å²) in [7, 11) is 0. The number of nitrogens with zero attached hydrogens (tertiary/aromatic N) is 1. The largest absolute Gasteiger partial charge is 0.482 e. The summed E-state index contributed by atoms with van der Waals surface area (Å²) < 4.78 is 10.7. The molecular weight excluding hydrogens is 524 g/mol. The third-order valence-electron chi connectivity index (χ3n) is 6.07. The summed E-state index contributed by atoms with van der Waals surface area (Å²) in [4.78, 5) is 56.0. The zero-order chi connectivity index (χ0) is 25.6. The number of carbonyl (C=O) groups excluding carboxylic acids is 3. The maximum absolute atomic E-state index is 13.8. The van der Waals surface area contributed by atoms with Gasteiger partial charge < -0.3 is 14.5 Å². The second-order valence-corrected chi connectivity index (χ2v) is 11.0. The van der Waals surface area contributed by atoms with Crippen molar-refractivity contribution >= 4 is 58.2 Å². The standard InChI is InChI=1S/C25H21ClN2O6S2/c1-3-33-17(29)11-34-16-9-6-13(26)10-15(16)18-19-21(35-22-20(18)36-25(32)27-22)24(31)28(23(19)30)14-7-4-12(2)5-8-14/h4-10,18-19,21H,3,11H2,1-2H3,(H,27,32)/t18-,19?,21?/m1/s1. The summed E-state index contributed by atoms with van der Waals surface area (Å²) >= 11 is 8.52. The molecule has 11 heteroatoms. The van der Waals surface area contributed by atoms with E-state index in [9.17, 15) is 19.2 Å². The Balaban J connectivity index is 1.61. The third kappa shape index (κ3) is 4.33. The summed E-state index contributed by atoms with van der Waals surface area (Å²) in [5.74, 6) is -2.42. The van der Waals surface area contributed by atoms with Crippen LogP contribution in [0.5, 0.6) is 5.75 Å². The number of carbonyl (C=O) groups is 3. The Morgan fingerprint density at radius 3 is 2.58 bits per heavy atom. The molecule has 8 nitrogen and oxygen atoms in total. The molecule has 0 saturated carbocycles. The Morgan fingerprint density at radius 2 is 1.86 bits per heavy atom. The second-order valence-electron chi connectivity index (χ2n) is 8.37. The average molecular weight is 545 g/mol. The number of thioether (sulfide) groups is 1. The van der Waals surface area contributed by atoms with Gasteiger partial charge >= 0.3 is 10.8 Å². The van der Waals surface area contributed by atoms with Gasteiger partial charge in [-0.2, -0.15) is 0 Å². The fourth-order valence-corrected chi connectivity index (χ4v) is 7.22. The summed E-state index contributed by atoms with van der Waals surface area (Å²) in [6, 6.07) is 12.0. The van der Waals surface area contributed by atoms with E-state index in [0.717, 1.165) is 16.9 Å². The first-order valence-corrected chi connectivity index (χ1v) is 13.3. The fraction of sp³-hybridized carbons (Fsp3) is 0.280. The number of H-pyrrole nitrogens is 1. The van der Waals surface area contributed by atoms with Crippen LogP contribution in [0.15, 0.2) is 52.3 Å². The minimum absolute atomic E-state index is 0.214. The van der Waals surface area contributed by atoms with Gasteiger partial charge in [0.25, 0.3) is 0 Å². The van der Waals surface area contributed by atoms with Crippen LogP contribution in [0.2, 0.25) is 5.02 Å². The number of nitrogens with one attached hydrogen (secondary N) is 1.